The van der Waals surface area contributed by atoms with Gasteiger partial charge >= 0.3 is 5.97 Å². The maximum absolute atomic E-state index is 11.5. The monoisotopic (exact) mass is 336 g/mol. The summed E-state index contributed by atoms with van der Waals surface area (Å²) >= 11 is 0. The van der Waals surface area contributed by atoms with Crippen LogP contribution in [0.4, 0.5) is 0 Å². The second kappa shape index (κ2) is 11.5. The molecule has 0 fully saturated rings. The van der Waals surface area contributed by atoms with Crippen molar-refractivity contribution < 1.29 is 23.1 Å². The minimum absolute atomic E-state index is 0.0323. The fourth-order valence-corrected chi connectivity index (χ4v) is 3.24. The third-order valence-corrected chi connectivity index (χ3v) is 4.88. The molecule has 0 aliphatic rings. The predicted molar refractivity (Wildman–Crippen MR) is 83.7 cm³/mol. The Balaban J connectivity index is 4.43. The van der Waals surface area contributed by atoms with Gasteiger partial charge in [0, 0.05) is 38.9 Å². The summed E-state index contributed by atoms with van der Waals surface area (Å²) in [6.45, 7) is 6.87. The van der Waals surface area contributed by atoms with Crippen LogP contribution >= 0.6 is 0 Å². The van der Waals surface area contributed by atoms with Crippen LogP contribution in [0.5, 0.6) is 0 Å². The van der Waals surface area contributed by atoms with Gasteiger partial charge in [-0.1, -0.05) is 12.2 Å². The van der Waals surface area contributed by atoms with Gasteiger partial charge in [-0.3, -0.25) is 13.2 Å². The second-order valence-corrected chi connectivity index (χ2v) is 7.14. The number of carbonyl (C=O) groups excluding carboxylic acids is 1. The molecule has 0 aromatic heterocycles. The molecule has 0 bridgehead atoms. The fourth-order valence-electron chi connectivity index (χ4n) is 1.28. The van der Waals surface area contributed by atoms with E-state index in [2.05, 4.69) is 24.0 Å². The number of aldehydes is 1. The first-order chi connectivity index (χ1) is 9.94. The van der Waals surface area contributed by atoms with Gasteiger partial charge in [0.05, 0.1) is 11.8 Å². The van der Waals surface area contributed by atoms with E-state index in [-0.39, 0.29) is 23.0 Å². The Morgan fingerprint density at radius 1 is 1.10 bits per heavy atom. The number of aliphatic carboxylic acids is 1. The van der Waals surface area contributed by atoms with Gasteiger partial charge in [0.1, 0.15) is 12.3 Å². The molecule has 0 aromatic carbocycles. The van der Waals surface area contributed by atoms with Crippen LogP contribution in [-0.2, 0) is 31.2 Å². The Morgan fingerprint density at radius 3 is 2.05 bits per heavy atom. The van der Waals surface area contributed by atoms with Crippen molar-refractivity contribution in [2.75, 3.05) is 23.0 Å². The number of carboxylic acid groups (broad SMARTS) is 1. The molecule has 0 aromatic rings. The summed E-state index contributed by atoms with van der Waals surface area (Å²) < 4.78 is 23.0. The molecule has 0 aliphatic heterocycles. The summed E-state index contributed by atoms with van der Waals surface area (Å²) in [6.07, 6.45) is 3.45. The number of carboxylic acids is 1. The van der Waals surface area contributed by atoms with Gasteiger partial charge in [-0.25, -0.2) is 10.9 Å². The standard InChI is InChI=1S/C12H20N2O5S2/c1-3-5-20(18)8-10(7-15)13-14-11(12(16)17)9-21(19)6-4-2/h3-4,7,10-11,13-14H,1-2,5-6,8-9H2,(H,16,17)/t10-,11+,20?,21?/m1/s1. The largest absolute Gasteiger partial charge is 0.480 e. The lowest BCUT2D eigenvalue weighted by Crippen LogP contribution is -2.54. The van der Waals surface area contributed by atoms with E-state index in [1.807, 2.05) is 0 Å². The molecule has 0 saturated heterocycles. The lowest BCUT2D eigenvalue weighted by atomic mass is 10.3. The first-order valence-corrected chi connectivity index (χ1v) is 9.03. The zero-order valence-electron chi connectivity index (χ0n) is 11.5. The zero-order valence-corrected chi connectivity index (χ0v) is 13.2. The third-order valence-electron chi connectivity index (χ3n) is 2.23. The molecule has 21 heavy (non-hydrogen) atoms. The number of rotatable bonds is 13. The molecule has 4 atom stereocenters. The van der Waals surface area contributed by atoms with Crippen LogP contribution in [0.15, 0.2) is 25.3 Å². The highest BCUT2D eigenvalue weighted by Gasteiger charge is 2.21. The molecule has 0 spiro atoms. The van der Waals surface area contributed by atoms with E-state index in [9.17, 15) is 18.0 Å². The van der Waals surface area contributed by atoms with Gasteiger partial charge in [-0.15, -0.1) is 13.2 Å². The maximum atomic E-state index is 11.5. The van der Waals surface area contributed by atoms with E-state index < -0.39 is 39.7 Å². The summed E-state index contributed by atoms with van der Waals surface area (Å²) in [5.41, 5.74) is 4.94. The number of hydrogen-bond acceptors (Lipinski definition) is 6. The smallest absolute Gasteiger partial charge is 0.323 e. The number of hydrazine groups is 1. The van der Waals surface area contributed by atoms with Crippen molar-refractivity contribution in [2.24, 2.45) is 0 Å². The highest BCUT2D eigenvalue weighted by atomic mass is 32.2. The van der Waals surface area contributed by atoms with Gasteiger partial charge in [0.25, 0.3) is 0 Å². The van der Waals surface area contributed by atoms with Crippen molar-refractivity contribution in [3.63, 3.8) is 0 Å². The van der Waals surface area contributed by atoms with Crippen LogP contribution in [0, 0.1) is 0 Å². The van der Waals surface area contributed by atoms with E-state index in [0.717, 1.165) is 0 Å². The van der Waals surface area contributed by atoms with Crippen molar-refractivity contribution in [3.05, 3.63) is 25.3 Å². The van der Waals surface area contributed by atoms with E-state index >= 15 is 0 Å². The minimum Gasteiger partial charge on any atom is -0.480 e. The highest BCUT2D eigenvalue weighted by Crippen LogP contribution is 1.93. The van der Waals surface area contributed by atoms with Crippen LogP contribution in [-0.4, -0.2) is 60.9 Å². The molecular formula is C12H20N2O5S2. The van der Waals surface area contributed by atoms with E-state index in [1.54, 1.807) is 0 Å². The first-order valence-electron chi connectivity index (χ1n) is 6.05. The fraction of sp³-hybridized carbons (Fsp3) is 0.500. The average molecular weight is 336 g/mol. The predicted octanol–water partition coefficient (Wildman–Crippen LogP) is -1.03. The van der Waals surface area contributed by atoms with Crippen LogP contribution in [0.1, 0.15) is 0 Å². The second-order valence-electron chi connectivity index (χ2n) is 4.05. The zero-order chi connectivity index (χ0) is 16.3. The minimum atomic E-state index is -1.36. The molecule has 7 nitrogen and oxygen atoms in total. The van der Waals surface area contributed by atoms with Crippen molar-refractivity contribution in [2.45, 2.75) is 12.1 Å². The summed E-state index contributed by atoms with van der Waals surface area (Å²) in [6, 6.07) is -1.93. The van der Waals surface area contributed by atoms with Gasteiger partial charge in [0.15, 0.2) is 0 Å². The normalized spacial score (nSPS) is 16.4. The van der Waals surface area contributed by atoms with Crippen LogP contribution in [0.3, 0.4) is 0 Å². The molecule has 0 saturated carbocycles. The van der Waals surface area contributed by atoms with Gasteiger partial charge in [-0.05, 0) is 0 Å². The Labute approximate surface area is 128 Å². The quantitative estimate of drug-likeness (QED) is 0.224. The van der Waals surface area contributed by atoms with Gasteiger partial charge < -0.3 is 9.90 Å². The molecule has 0 aliphatic carbocycles. The summed E-state index contributed by atoms with van der Waals surface area (Å²) in [4.78, 5) is 21.9. The van der Waals surface area contributed by atoms with Crippen molar-refractivity contribution in [3.8, 4) is 0 Å². The molecule has 9 heteroatoms. The summed E-state index contributed by atoms with van der Waals surface area (Å²) in [5, 5.41) is 9.02. The molecule has 0 heterocycles. The maximum Gasteiger partial charge on any atom is 0.323 e. The Morgan fingerprint density at radius 2 is 1.62 bits per heavy atom. The number of carbonyl (C=O) groups is 2. The van der Waals surface area contributed by atoms with Crippen LogP contribution in [0.2, 0.25) is 0 Å². The van der Waals surface area contributed by atoms with E-state index in [0.29, 0.717) is 6.29 Å². The highest BCUT2D eigenvalue weighted by molar-refractivity contribution is 7.85. The third kappa shape index (κ3) is 9.40. The molecule has 2 unspecified atom stereocenters. The van der Waals surface area contributed by atoms with Gasteiger partial charge in [-0.2, -0.15) is 0 Å². The Hall–Kier alpha value is -1.16. The molecule has 120 valence electrons. The Bertz CT molecular complexity index is 428. The van der Waals surface area contributed by atoms with Crippen molar-refractivity contribution >= 4 is 33.9 Å². The average Bonchev–Trinajstić information content (AvgIpc) is 2.42. The van der Waals surface area contributed by atoms with Crippen molar-refractivity contribution in [1.82, 2.24) is 10.9 Å². The molecule has 0 rings (SSSR count). The molecule has 0 amide bonds. The van der Waals surface area contributed by atoms with Crippen LogP contribution in [0.25, 0.3) is 0 Å². The molecule has 0 radical (unpaired) electrons. The number of nitrogens with one attached hydrogen (secondary N) is 2. The lowest BCUT2D eigenvalue weighted by Gasteiger charge is -2.18. The summed E-state index contributed by atoms with van der Waals surface area (Å²) in [7, 11) is -2.63. The SMILES string of the molecule is C=CCS(=O)C[C@@H](C=O)NN[C@@H](CS(=O)CC=C)C(=O)O. The molecule has 3 N–H and O–H groups in total. The van der Waals surface area contributed by atoms with Crippen molar-refractivity contribution in [1.29, 1.82) is 0 Å². The lowest BCUT2D eigenvalue weighted by molar-refractivity contribution is -0.139. The summed E-state index contributed by atoms with van der Waals surface area (Å²) in [5.74, 6) is -0.860. The molecular weight excluding hydrogens is 316 g/mol. The number of hydrogen-bond donors (Lipinski definition) is 3. The topological polar surface area (TPSA) is 113 Å². The first kappa shape index (κ1) is 19.8. The van der Waals surface area contributed by atoms with Crippen LogP contribution < -0.4 is 10.9 Å². The van der Waals surface area contributed by atoms with E-state index in [1.165, 1.54) is 12.2 Å². The Kier molecular flexibility index (Phi) is 10.9. The van der Waals surface area contributed by atoms with E-state index in [4.69, 9.17) is 5.11 Å². The van der Waals surface area contributed by atoms with Gasteiger partial charge in [0.2, 0.25) is 0 Å².